The Morgan fingerprint density at radius 2 is 2.42 bits per heavy atom. The molecule has 1 aromatic carbocycles. The third-order valence-corrected chi connectivity index (χ3v) is 3.02. The number of morpholine rings is 1. The molecule has 1 unspecified atom stereocenters. The molecule has 0 bridgehead atoms. The highest BCUT2D eigenvalue weighted by Gasteiger charge is 2.17. The summed E-state index contributed by atoms with van der Waals surface area (Å²) in [6.07, 6.45) is -0.220. The van der Waals surface area contributed by atoms with Gasteiger partial charge in [0.15, 0.2) is 0 Å². The lowest BCUT2D eigenvalue weighted by Gasteiger charge is -2.30. The molecule has 1 heterocycles. The first-order chi connectivity index (χ1) is 9.19. The van der Waals surface area contributed by atoms with E-state index in [-0.39, 0.29) is 12.2 Å². The summed E-state index contributed by atoms with van der Waals surface area (Å²) in [6, 6.07) is 7.52. The van der Waals surface area contributed by atoms with Crippen molar-refractivity contribution in [2.45, 2.75) is 19.7 Å². The largest absolute Gasteiger partial charge is 0.462 e. The Morgan fingerprint density at radius 3 is 3.16 bits per heavy atom. The smallest absolute Gasteiger partial charge is 0.338 e. The number of hydrogen-bond donors (Lipinski definition) is 1. The van der Waals surface area contributed by atoms with Crippen LogP contribution in [0.1, 0.15) is 22.8 Å². The third-order valence-electron chi connectivity index (χ3n) is 3.02. The van der Waals surface area contributed by atoms with Crippen LogP contribution in [0, 0.1) is 0 Å². The highest BCUT2D eigenvalue weighted by Crippen LogP contribution is 2.11. The molecule has 104 valence electrons. The van der Waals surface area contributed by atoms with Gasteiger partial charge in [-0.1, -0.05) is 12.1 Å². The lowest BCUT2D eigenvalue weighted by Crippen LogP contribution is -2.46. The van der Waals surface area contributed by atoms with Crippen molar-refractivity contribution in [3.63, 3.8) is 0 Å². The summed E-state index contributed by atoms with van der Waals surface area (Å²) >= 11 is 0. The van der Waals surface area contributed by atoms with Crippen molar-refractivity contribution in [1.82, 2.24) is 4.90 Å². The molecule has 19 heavy (non-hydrogen) atoms. The molecule has 1 atom stereocenters. The Morgan fingerprint density at radius 1 is 1.58 bits per heavy atom. The fraction of sp³-hybridized carbons (Fsp3) is 0.500. The van der Waals surface area contributed by atoms with Gasteiger partial charge in [-0.25, -0.2) is 4.79 Å². The molecule has 0 spiro atoms. The monoisotopic (exact) mass is 264 g/mol. The Labute approximate surface area is 113 Å². The molecule has 1 fully saturated rings. The number of esters is 1. The van der Waals surface area contributed by atoms with Crippen LogP contribution in [0.25, 0.3) is 0 Å². The molecule has 0 aliphatic carbocycles. The van der Waals surface area contributed by atoms with E-state index >= 15 is 0 Å². The summed E-state index contributed by atoms with van der Waals surface area (Å²) in [5.74, 6) is -0.275. The molecule has 2 N–H and O–H groups in total. The molecule has 2 rings (SSSR count). The second-order valence-electron chi connectivity index (χ2n) is 4.57. The van der Waals surface area contributed by atoms with Crippen LogP contribution in [0.4, 0.5) is 0 Å². The SMILES string of the molecule is CCOC(=O)c1cccc(CN2CCOC(N)C2)c1. The Bertz CT molecular complexity index is 436. The first-order valence-corrected chi connectivity index (χ1v) is 6.54. The van der Waals surface area contributed by atoms with Crippen molar-refractivity contribution in [3.8, 4) is 0 Å². The maximum atomic E-state index is 11.7. The molecule has 1 aliphatic rings. The number of nitrogens with two attached hydrogens (primary N) is 1. The van der Waals surface area contributed by atoms with Crippen LogP contribution in [-0.2, 0) is 16.0 Å². The van der Waals surface area contributed by atoms with Crippen LogP contribution in [0.5, 0.6) is 0 Å². The van der Waals surface area contributed by atoms with E-state index < -0.39 is 0 Å². The molecule has 1 aromatic rings. The average molecular weight is 264 g/mol. The second kappa shape index (κ2) is 6.65. The number of hydrogen-bond acceptors (Lipinski definition) is 5. The topological polar surface area (TPSA) is 64.8 Å². The lowest BCUT2D eigenvalue weighted by molar-refractivity contribution is -0.0275. The molecule has 5 heteroatoms. The fourth-order valence-corrected chi connectivity index (χ4v) is 2.14. The van der Waals surface area contributed by atoms with Gasteiger partial charge in [-0.15, -0.1) is 0 Å². The number of carbonyl (C=O) groups excluding carboxylic acids is 1. The van der Waals surface area contributed by atoms with Gasteiger partial charge in [-0.05, 0) is 24.6 Å². The van der Waals surface area contributed by atoms with Crippen molar-refractivity contribution < 1.29 is 14.3 Å². The van der Waals surface area contributed by atoms with Gasteiger partial charge >= 0.3 is 5.97 Å². The normalized spacial score (nSPS) is 20.2. The fourth-order valence-electron chi connectivity index (χ4n) is 2.14. The highest BCUT2D eigenvalue weighted by atomic mass is 16.5. The molecule has 0 amide bonds. The van der Waals surface area contributed by atoms with Gasteiger partial charge in [-0.3, -0.25) is 4.90 Å². The minimum atomic E-state index is -0.275. The van der Waals surface area contributed by atoms with Gasteiger partial charge in [0.05, 0.1) is 18.8 Å². The van der Waals surface area contributed by atoms with Gasteiger partial charge in [0.1, 0.15) is 6.23 Å². The van der Waals surface area contributed by atoms with E-state index in [2.05, 4.69) is 4.90 Å². The minimum absolute atomic E-state index is 0.220. The Balaban J connectivity index is 2.00. The van der Waals surface area contributed by atoms with Crippen molar-refractivity contribution in [2.24, 2.45) is 5.73 Å². The van der Waals surface area contributed by atoms with Crippen molar-refractivity contribution in [1.29, 1.82) is 0 Å². The summed E-state index contributed by atoms with van der Waals surface area (Å²) in [5, 5.41) is 0. The highest BCUT2D eigenvalue weighted by molar-refractivity contribution is 5.89. The zero-order chi connectivity index (χ0) is 13.7. The summed E-state index contributed by atoms with van der Waals surface area (Å²) in [5.41, 5.74) is 7.44. The van der Waals surface area contributed by atoms with Crippen LogP contribution in [0.15, 0.2) is 24.3 Å². The molecule has 0 aromatic heterocycles. The van der Waals surface area contributed by atoms with E-state index in [1.807, 2.05) is 18.2 Å². The molecular weight excluding hydrogens is 244 g/mol. The number of nitrogens with zero attached hydrogens (tertiary/aromatic N) is 1. The van der Waals surface area contributed by atoms with Gasteiger partial charge in [0, 0.05) is 19.6 Å². The van der Waals surface area contributed by atoms with Gasteiger partial charge in [0.25, 0.3) is 0 Å². The van der Waals surface area contributed by atoms with E-state index in [9.17, 15) is 4.79 Å². The maximum Gasteiger partial charge on any atom is 0.338 e. The van der Waals surface area contributed by atoms with Crippen LogP contribution in [0.2, 0.25) is 0 Å². The van der Waals surface area contributed by atoms with Crippen LogP contribution < -0.4 is 5.73 Å². The lowest BCUT2D eigenvalue weighted by atomic mass is 10.1. The maximum absolute atomic E-state index is 11.7. The summed E-state index contributed by atoms with van der Waals surface area (Å²) < 4.78 is 10.3. The Hall–Kier alpha value is -1.43. The molecule has 1 saturated heterocycles. The average Bonchev–Trinajstić information content (AvgIpc) is 2.39. The second-order valence-corrected chi connectivity index (χ2v) is 4.57. The van der Waals surface area contributed by atoms with Gasteiger partial charge in [-0.2, -0.15) is 0 Å². The molecular formula is C14H20N2O3. The molecule has 0 saturated carbocycles. The van der Waals surface area contributed by atoms with Crippen LogP contribution in [-0.4, -0.2) is 43.4 Å². The zero-order valence-electron chi connectivity index (χ0n) is 11.2. The predicted molar refractivity (Wildman–Crippen MR) is 71.6 cm³/mol. The van der Waals surface area contributed by atoms with Crippen molar-refractivity contribution >= 4 is 5.97 Å². The molecule has 0 radical (unpaired) electrons. The van der Waals surface area contributed by atoms with E-state index in [0.717, 1.165) is 18.7 Å². The van der Waals surface area contributed by atoms with Crippen molar-refractivity contribution in [3.05, 3.63) is 35.4 Å². The van der Waals surface area contributed by atoms with Crippen molar-refractivity contribution in [2.75, 3.05) is 26.3 Å². The van der Waals surface area contributed by atoms with E-state index in [4.69, 9.17) is 15.2 Å². The first kappa shape index (κ1) is 14.0. The Kier molecular flexibility index (Phi) is 4.90. The van der Waals surface area contributed by atoms with E-state index in [1.54, 1.807) is 13.0 Å². The molecule has 1 aliphatic heterocycles. The van der Waals surface area contributed by atoms with Gasteiger partial charge in [0.2, 0.25) is 0 Å². The van der Waals surface area contributed by atoms with E-state index in [0.29, 0.717) is 25.3 Å². The number of ether oxygens (including phenoxy) is 2. The standard InChI is InChI=1S/C14H20N2O3/c1-2-18-14(17)12-5-3-4-11(8-12)9-16-6-7-19-13(15)10-16/h3-5,8,13H,2,6-7,9-10,15H2,1H3. The quantitative estimate of drug-likeness (QED) is 0.821. The van der Waals surface area contributed by atoms with E-state index in [1.165, 1.54) is 0 Å². The molecule has 5 nitrogen and oxygen atoms in total. The summed E-state index contributed by atoms with van der Waals surface area (Å²) in [7, 11) is 0. The zero-order valence-corrected chi connectivity index (χ0v) is 11.2. The van der Waals surface area contributed by atoms with Crippen LogP contribution in [0.3, 0.4) is 0 Å². The number of benzene rings is 1. The predicted octanol–water partition coefficient (Wildman–Crippen LogP) is 0.980. The summed E-state index contributed by atoms with van der Waals surface area (Å²) in [4.78, 5) is 13.9. The number of carbonyl (C=O) groups is 1. The summed E-state index contributed by atoms with van der Waals surface area (Å²) in [6.45, 7) is 5.18. The minimum Gasteiger partial charge on any atom is -0.462 e. The number of rotatable bonds is 4. The first-order valence-electron chi connectivity index (χ1n) is 6.54. The van der Waals surface area contributed by atoms with Gasteiger partial charge < -0.3 is 15.2 Å². The van der Waals surface area contributed by atoms with Crippen LogP contribution >= 0.6 is 0 Å². The third kappa shape index (κ3) is 4.02.